The predicted molar refractivity (Wildman–Crippen MR) is 115 cm³/mol. The van der Waals surface area contributed by atoms with Crippen molar-refractivity contribution in [3.05, 3.63) is 54.2 Å². The van der Waals surface area contributed by atoms with Crippen LogP contribution in [0.3, 0.4) is 0 Å². The number of amides is 1. The van der Waals surface area contributed by atoms with E-state index < -0.39 is 0 Å². The number of imidazole rings is 1. The molecule has 1 fully saturated rings. The van der Waals surface area contributed by atoms with Gasteiger partial charge in [-0.25, -0.2) is 4.98 Å². The molecule has 3 heterocycles. The van der Waals surface area contributed by atoms with E-state index in [4.69, 9.17) is 10.7 Å². The average molecular weight is 392 g/mol. The number of hydrogen-bond donors (Lipinski definition) is 1. The lowest BCUT2D eigenvalue weighted by atomic mass is 9.92. The van der Waals surface area contributed by atoms with E-state index in [-0.39, 0.29) is 17.7 Å². The summed E-state index contributed by atoms with van der Waals surface area (Å²) in [7, 11) is 0. The molecule has 29 heavy (non-hydrogen) atoms. The molecule has 6 nitrogen and oxygen atoms in total. The summed E-state index contributed by atoms with van der Waals surface area (Å²) in [6, 6.07) is 10.0. The third-order valence-corrected chi connectivity index (χ3v) is 5.91. The third kappa shape index (κ3) is 3.97. The fourth-order valence-electron chi connectivity index (χ4n) is 4.38. The number of aromatic nitrogens is 3. The number of hydrogen-bond acceptors (Lipinski definition) is 4. The van der Waals surface area contributed by atoms with Crippen LogP contribution in [0.25, 0.3) is 10.9 Å². The molecular weight excluding hydrogens is 362 g/mol. The SMILES string of the molecule is CCc1nccn1C[C@H](C)C(=O)N1CCC[C@H](c2nc3ccccc3cc2N)C1. The molecule has 0 unspecified atom stereocenters. The van der Waals surface area contributed by atoms with Gasteiger partial charge in [0.15, 0.2) is 0 Å². The molecule has 1 aliphatic heterocycles. The molecule has 4 rings (SSSR count). The third-order valence-electron chi connectivity index (χ3n) is 5.91. The minimum atomic E-state index is -0.0878. The summed E-state index contributed by atoms with van der Waals surface area (Å²) < 4.78 is 2.09. The van der Waals surface area contributed by atoms with Crippen LogP contribution < -0.4 is 5.73 Å². The van der Waals surface area contributed by atoms with Crippen molar-refractivity contribution in [2.45, 2.75) is 45.6 Å². The first-order chi connectivity index (χ1) is 14.1. The Morgan fingerprint density at radius 2 is 2.17 bits per heavy atom. The maximum Gasteiger partial charge on any atom is 0.227 e. The molecule has 0 radical (unpaired) electrons. The second-order valence-electron chi connectivity index (χ2n) is 8.03. The number of carbonyl (C=O) groups excluding carboxylic acids is 1. The topological polar surface area (TPSA) is 77.0 Å². The smallest absolute Gasteiger partial charge is 0.227 e. The van der Waals surface area contributed by atoms with Gasteiger partial charge in [0.1, 0.15) is 5.82 Å². The Bertz CT molecular complexity index is 1010. The maximum atomic E-state index is 13.1. The predicted octanol–water partition coefficient (Wildman–Crippen LogP) is 3.62. The van der Waals surface area contributed by atoms with E-state index in [0.29, 0.717) is 13.1 Å². The summed E-state index contributed by atoms with van der Waals surface area (Å²) in [6.45, 7) is 6.25. The van der Waals surface area contributed by atoms with E-state index in [1.807, 2.05) is 48.4 Å². The molecule has 0 bridgehead atoms. The van der Waals surface area contributed by atoms with E-state index in [0.717, 1.165) is 53.9 Å². The lowest BCUT2D eigenvalue weighted by molar-refractivity contribution is -0.136. The number of benzene rings is 1. The molecule has 0 spiro atoms. The Kier molecular flexibility index (Phi) is 5.51. The number of nitrogen functional groups attached to an aromatic ring is 1. The lowest BCUT2D eigenvalue weighted by Gasteiger charge is -2.34. The first kappa shape index (κ1) is 19.4. The molecule has 152 valence electrons. The zero-order valence-corrected chi connectivity index (χ0v) is 17.2. The number of nitrogens with zero attached hydrogens (tertiary/aromatic N) is 4. The Morgan fingerprint density at radius 1 is 1.34 bits per heavy atom. The van der Waals surface area contributed by atoms with Crippen LogP contribution in [-0.2, 0) is 17.8 Å². The monoisotopic (exact) mass is 391 g/mol. The summed E-state index contributed by atoms with van der Waals surface area (Å²) in [4.78, 5) is 24.3. The van der Waals surface area contributed by atoms with Crippen molar-refractivity contribution in [3.8, 4) is 0 Å². The maximum absolute atomic E-state index is 13.1. The largest absolute Gasteiger partial charge is 0.397 e. The Balaban J connectivity index is 1.49. The molecule has 1 aliphatic rings. The Morgan fingerprint density at radius 3 is 3.00 bits per heavy atom. The Labute approximate surface area is 171 Å². The molecule has 2 aromatic heterocycles. The number of rotatable bonds is 5. The van der Waals surface area contributed by atoms with Gasteiger partial charge in [-0.2, -0.15) is 0 Å². The van der Waals surface area contributed by atoms with Gasteiger partial charge in [-0.3, -0.25) is 9.78 Å². The number of aryl methyl sites for hydroxylation is 1. The second-order valence-corrected chi connectivity index (χ2v) is 8.03. The molecule has 1 amide bonds. The molecule has 2 atom stereocenters. The summed E-state index contributed by atoms with van der Waals surface area (Å²) >= 11 is 0. The number of para-hydroxylation sites is 1. The minimum absolute atomic E-state index is 0.0878. The van der Waals surface area contributed by atoms with Gasteiger partial charge < -0.3 is 15.2 Å². The van der Waals surface area contributed by atoms with Crippen LogP contribution in [0.5, 0.6) is 0 Å². The minimum Gasteiger partial charge on any atom is -0.397 e. The highest BCUT2D eigenvalue weighted by atomic mass is 16.2. The first-order valence-electron chi connectivity index (χ1n) is 10.5. The normalized spacial score (nSPS) is 18.1. The summed E-state index contributed by atoms with van der Waals surface area (Å²) in [6.07, 6.45) is 6.62. The number of piperidine rings is 1. The second kappa shape index (κ2) is 8.23. The standard InChI is InChI=1S/C23H29N5O/c1-3-21-25-10-12-27(21)14-16(2)23(29)28-11-6-8-18(15-28)22-19(24)13-17-7-4-5-9-20(17)26-22/h4-5,7,9-10,12-13,16,18H,3,6,8,11,14-15,24H2,1-2H3/t16-,18-/m0/s1. The van der Waals surface area contributed by atoms with Crippen molar-refractivity contribution in [2.24, 2.45) is 5.92 Å². The highest BCUT2D eigenvalue weighted by Crippen LogP contribution is 2.32. The van der Waals surface area contributed by atoms with Crippen molar-refractivity contribution in [3.63, 3.8) is 0 Å². The molecular formula is C23H29N5O. The van der Waals surface area contributed by atoms with Crippen molar-refractivity contribution in [2.75, 3.05) is 18.8 Å². The molecule has 3 aromatic rings. The van der Waals surface area contributed by atoms with Gasteiger partial charge in [0.25, 0.3) is 0 Å². The van der Waals surface area contributed by atoms with E-state index in [2.05, 4.69) is 16.5 Å². The van der Waals surface area contributed by atoms with Crippen LogP contribution in [0.15, 0.2) is 42.7 Å². The van der Waals surface area contributed by atoms with Crippen LogP contribution >= 0.6 is 0 Å². The van der Waals surface area contributed by atoms with E-state index in [1.165, 1.54) is 0 Å². The van der Waals surface area contributed by atoms with Gasteiger partial charge in [-0.1, -0.05) is 32.0 Å². The van der Waals surface area contributed by atoms with Crippen molar-refractivity contribution >= 4 is 22.5 Å². The number of anilines is 1. The Hall–Kier alpha value is -2.89. The van der Waals surface area contributed by atoms with Crippen LogP contribution in [0.2, 0.25) is 0 Å². The van der Waals surface area contributed by atoms with Crippen molar-refractivity contribution in [1.29, 1.82) is 0 Å². The molecule has 1 saturated heterocycles. The van der Waals surface area contributed by atoms with E-state index in [1.54, 1.807) is 6.20 Å². The van der Waals surface area contributed by atoms with Crippen LogP contribution in [0, 0.1) is 5.92 Å². The molecule has 0 aliphatic carbocycles. The average Bonchev–Trinajstić information content (AvgIpc) is 3.19. The number of fused-ring (bicyclic) bond motifs is 1. The van der Waals surface area contributed by atoms with Crippen molar-refractivity contribution < 1.29 is 4.79 Å². The quantitative estimate of drug-likeness (QED) is 0.721. The zero-order valence-electron chi connectivity index (χ0n) is 17.2. The van der Waals surface area contributed by atoms with E-state index >= 15 is 0 Å². The highest BCUT2D eigenvalue weighted by molar-refractivity contribution is 5.82. The van der Waals surface area contributed by atoms with Crippen molar-refractivity contribution in [1.82, 2.24) is 19.4 Å². The van der Waals surface area contributed by atoms with Gasteiger partial charge >= 0.3 is 0 Å². The summed E-state index contributed by atoms with van der Waals surface area (Å²) in [5.41, 5.74) is 8.96. The number of carbonyl (C=O) groups is 1. The number of pyridine rings is 1. The van der Waals surface area contributed by atoms with Gasteiger partial charge in [0, 0.05) is 49.8 Å². The summed E-state index contributed by atoms with van der Waals surface area (Å²) in [5, 5.41) is 1.05. The van der Waals surface area contributed by atoms with Gasteiger partial charge in [0.05, 0.1) is 22.8 Å². The van der Waals surface area contributed by atoms with Crippen LogP contribution in [0.1, 0.15) is 44.1 Å². The first-order valence-corrected chi connectivity index (χ1v) is 10.5. The van der Waals surface area contributed by atoms with Crippen LogP contribution in [-0.4, -0.2) is 38.4 Å². The van der Waals surface area contributed by atoms with Crippen LogP contribution in [0.4, 0.5) is 5.69 Å². The van der Waals surface area contributed by atoms with Gasteiger partial charge in [0.2, 0.25) is 5.91 Å². The van der Waals surface area contributed by atoms with E-state index in [9.17, 15) is 4.79 Å². The number of nitrogens with two attached hydrogens (primary N) is 1. The molecule has 6 heteroatoms. The molecule has 0 saturated carbocycles. The highest BCUT2D eigenvalue weighted by Gasteiger charge is 2.29. The fraction of sp³-hybridized carbons (Fsp3) is 0.435. The molecule has 1 aromatic carbocycles. The fourth-order valence-corrected chi connectivity index (χ4v) is 4.38. The lowest BCUT2D eigenvalue weighted by Crippen LogP contribution is -2.43. The zero-order chi connectivity index (χ0) is 20.4. The van der Waals surface area contributed by atoms with Gasteiger partial charge in [-0.05, 0) is 25.0 Å². The molecule has 2 N–H and O–H groups in total. The van der Waals surface area contributed by atoms with Gasteiger partial charge in [-0.15, -0.1) is 0 Å². The number of likely N-dealkylation sites (tertiary alicyclic amines) is 1. The summed E-state index contributed by atoms with van der Waals surface area (Å²) in [5.74, 6) is 1.32.